The number of primary sulfonamides is 1. The summed E-state index contributed by atoms with van der Waals surface area (Å²) in [6, 6.07) is 11.9. The lowest BCUT2D eigenvalue weighted by Crippen LogP contribution is -2.41. The van der Waals surface area contributed by atoms with Gasteiger partial charge in [0.15, 0.2) is 6.10 Å². The fraction of sp³-hybridized carbons (Fsp3) is 0.318. The summed E-state index contributed by atoms with van der Waals surface area (Å²) in [5.41, 5.74) is 0.868. The van der Waals surface area contributed by atoms with Crippen LogP contribution < -0.4 is 10.5 Å². The Morgan fingerprint density at radius 2 is 1.64 bits per heavy atom. The van der Waals surface area contributed by atoms with Gasteiger partial charge in [0.1, 0.15) is 0 Å². The van der Waals surface area contributed by atoms with Gasteiger partial charge in [0, 0.05) is 29.4 Å². The van der Waals surface area contributed by atoms with Crippen molar-refractivity contribution in [3.05, 3.63) is 59.1 Å². The number of sulfonamides is 1. The van der Waals surface area contributed by atoms with Gasteiger partial charge in [-0.2, -0.15) is 0 Å². The van der Waals surface area contributed by atoms with Gasteiger partial charge in [-0.25, -0.2) is 13.6 Å². The Kier molecular flexibility index (Phi) is 7.72. The lowest BCUT2D eigenvalue weighted by Gasteiger charge is -2.31. The second-order valence-electron chi connectivity index (χ2n) is 7.71. The summed E-state index contributed by atoms with van der Waals surface area (Å²) < 4.78 is 27.9. The van der Waals surface area contributed by atoms with Crippen LogP contribution in [0.5, 0.6) is 0 Å². The number of esters is 1. The standard InChI is InChI=1S/C22H24ClN3O6S/c1-14(20(27)25-18-6-8-19(9-7-18)33(24,30)31)32-22(29)16-10-12-26(13-11-16)21(28)15-2-4-17(23)5-3-15/h2-9,14,16H,10-13H2,1H3,(H,25,27)(H2,24,30,31)/t14-/m1/s1. The van der Waals surface area contributed by atoms with E-state index in [1.807, 2.05) is 0 Å². The van der Waals surface area contributed by atoms with Crippen LogP contribution in [-0.2, 0) is 24.3 Å². The molecule has 33 heavy (non-hydrogen) atoms. The number of amides is 2. The van der Waals surface area contributed by atoms with Crippen LogP contribution in [-0.4, -0.2) is 50.3 Å². The molecule has 1 aliphatic heterocycles. The van der Waals surface area contributed by atoms with E-state index in [9.17, 15) is 22.8 Å². The van der Waals surface area contributed by atoms with Crippen molar-refractivity contribution < 1.29 is 27.5 Å². The molecule has 11 heteroatoms. The number of hydrogen-bond donors (Lipinski definition) is 2. The number of piperidine rings is 1. The van der Waals surface area contributed by atoms with Gasteiger partial charge >= 0.3 is 5.97 Å². The number of nitrogens with two attached hydrogens (primary N) is 1. The number of anilines is 1. The summed E-state index contributed by atoms with van der Waals surface area (Å²) in [6.45, 7) is 2.25. The Balaban J connectivity index is 1.48. The van der Waals surface area contributed by atoms with Crippen LogP contribution in [0.1, 0.15) is 30.1 Å². The number of hydrogen-bond acceptors (Lipinski definition) is 6. The third-order valence-electron chi connectivity index (χ3n) is 5.32. The van der Waals surface area contributed by atoms with E-state index in [1.54, 1.807) is 29.2 Å². The molecule has 0 radical (unpaired) electrons. The van der Waals surface area contributed by atoms with Gasteiger partial charge in [-0.15, -0.1) is 0 Å². The van der Waals surface area contributed by atoms with Crippen LogP contribution in [0.3, 0.4) is 0 Å². The van der Waals surface area contributed by atoms with Crippen LogP contribution in [0, 0.1) is 5.92 Å². The average molecular weight is 494 g/mol. The normalized spacial score (nSPS) is 15.5. The molecule has 1 fully saturated rings. The molecule has 1 aliphatic rings. The first-order chi connectivity index (χ1) is 15.5. The molecule has 0 saturated carbocycles. The van der Waals surface area contributed by atoms with Gasteiger partial charge in [-0.1, -0.05) is 11.6 Å². The second kappa shape index (κ2) is 10.3. The Morgan fingerprint density at radius 1 is 1.06 bits per heavy atom. The van der Waals surface area contributed by atoms with E-state index < -0.39 is 33.9 Å². The average Bonchev–Trinajstić information content (AvgIpc) is 2.79. The zero-order valence-corrected chi connectivity index (χ0v) is 19.4. The molecule has 1 saturated heterocycles. The van der Waals surface area contributed by atoms with Crippen molar-refractivity contribution in [3.8, 4) is 0 Å². The highest BCUT2D eigenvalue weighted by Gasteiger charge is 2.30. The van der Waals surface area contributed by atoms with Gasteiger partial charge < -0.3 is 15.0 Å². The van der Waals surface area contributed by atoms with Crippen molar-refractivity contribution in [3.63, 3.8) is 0 Å². The first-order valence-electron chi connectivity index (χ1n) is 10.2. The smallest absolute Gasteiger partial charge is 0.309 e. The van der Waals surface area contributed by atoms with E-state index >= 15 is 0 Å². The number of likely N-dealkylation sites (tertiary alicyclic amines) is 1. The van der Waals surface area contributed by atoms with E-state index in [4.69, 9.17) is 21.5 Å². The van der Waals surface area contributed by atoms with E-state index in [1.165, 1.54) is 31.2 Å². The van der Waals surface area contributed by atoms with Crippen molar-refractivity contribution in [1.29, 1.82) is 0 Å². The van der Waals surface area contributed by atoms with Crippen LogP contribution in [0.15, 0.2) is 53.4 Å². The first kappa shape index (κ1) is 24.7. The maximum Gasteiger partial charge on any atom is 0.309 e. The summed E-state index contributed by atoms with van der Waals surface area (Å²) in [5, 5.41) is 8.15. The van der Waals surface area contributed by atoms with E-state index in [-0.39, 0.29) is 10.8 Å². The van der Waals surface area contributed by atoms with E-state index in [0.29, 0.717) is 42.2 Å². The molecule has 2 aromatic rings. The molecule has 2 amide bonds. The summed E-state index contributed by atoms with van der Waals surface area (Å²) in [4.78, 5) is 39.0. The number of nitrogens with one attached hydrogen (secondary N) is 1. The molecule has 0 aromatic heterocycles. The molecule has 9 nitrogen and oxygen atoms in total. The molecule has 1 atom stereocenters. The number of carbonyl (C=O) groups excluding carboxylic acids is 3. The number of carbonyl (C=O) groups is 3. The van der Waals surface area contributed by atoms with Crippen molar-refractivity contribution in [1.82, 2.24) is 4.90 Å². The van der Waals surface area contributed by atoms with Gasteiger partial charge in [0.25, 0.3) is 11.8 Å². The van der Waals surface area contributed by atoms with Crippen LogP contribution in [0.4, 0.5) is 5.69 Å². The highest BCUT2D eigenvalue weighted by molar-refractivity contribution is 7.89. The number of rotatable bonds is 6. The number of ether oxygens (including phenoxy) is 1. The molecular weight excluding hydrogens is 470 g/mol. The molecule has 3 N–H and O–H groups in total. The fourth-order valence-corrected chi connectivity index (χ4v) is 4.03. The molecule has 0 aliphatic carbocycles. The van der Waals surface area contributed by atoms with E-state index in [0.717, 1.165) is 0 Å². The fourth-order valence-electron chi connectivity index (χ4n) is 3.39. The van der Waals surface area contributed by atoms with Crippen molar-refractivity contribution in [2.24, 2.45) is 11.1 Å². The largest absolute Gasteiger partial charge is 0.452 e. The van der Waals surface area contributed by atoms with Gasteiger partial charge in [0.05, 0.1) is 10.8 Å². The summed E-state index contributed by atoms with van der Waals surface area (Å²) in [6.07, 6.45) is -0.188. The predicted octanol–water partition coefficient (Wildman–Crippen LogP) is 2.41. The predicted molar refractivity (Wildman–Crippen MR) is 122 cm³/mol. The number of halogens is 1. The van der Waals surface area contributed by atoms with Crippen LogP contribution >= 0.6 is 11.6 Å². The second-order valence-corrected chi connectivity index (χ2v) is 9.71. The molecule has 176 valence electrons. The Labute approximate surface area is 196 Å². The molecule has 2 aromatic carbocycles. The Hall–Kier alpha value is -2.95. The summed E-state index contributed by atoms with van der Waals surface area (Å²) >= 11 is 5.86. The SMILES string of the molecule is C[C@@H](OC(=O)C1CCN(C(=O)c2ccc(Cl)cc2)CC1)C(=O)Nc1ccc(S(N)(=O)=O)cc1. The topological polar surface area (TPSA) is 136 Å². The molecular formula is C22H24ClN3O6S. The highest BCUT2D eigenvalue weighted by Crippen LogP contribution is 2.22. The van der Waals surface area contributed by atoms with Crippen molar-refractivity contribution in [2.75, 3.05) is 18.4 Å². The molecule has 3 rings (SSSR count). The molecule has 0 spiro atoms. The van der Waals surface area contributed by atoms with Gasteiger partial charge in [-0.05, 0) is 68.3 Å². The van der Waals surface area contributed by atoms with Crippen LogP contribution in [0.2, 0.25) is 5.02 Å². The zero-order valence-electron chi connectivity index (χ0n) is 17.9. The zero-order chi connectivity index (χ0) is 24.2. The van der Waals surface area contributed by atoms with E-state index in [2.05, 4.69) is 5.32 Å². The van der Waals surface area contributed by atoms with Crippen LogP contribution in [0.25, 0.3) is 0 Å². The lowest BCUT2D eigenvalue weighted by atomic mass is 9.96. The minimum absolute atomic E-state index is 0.0825. The van der Waals surface area contributed by atoms with Gasteiger partial charge in [-0.3, -0.25) is 14.4 Å². The maximum atomic E-state index is 12.6. The molecule has 0 unspecified atom stereocenters. The number of nitrogens with zero attached hydrogens (tertiary/aromatic N) is 1. The Morgan fingerprint density at radius 3 is 2.18 bits per heavy atom. The Bertz CT molecular complexity index is 1130. The minimum Gasteiger partial charge on any atom is -0.452 e. The minimum atomic E-state index is -3.83. The van der Waals surface area contributed by atoms with Crippen molar-refractivity contribution >= 4 is 45.1 Å². The first-order valence-corrected chi connectivity index (χ1v) is 12.2. The lowest BCUT2D eigenvalue weighted by molar-refractivity contribution is -0.158. The highest BCUT2D eigenvalue weighted by atomic mass is 35.5. The van der Waals surface area contributed by atoms with Gasteiger partial charge in [0.2, 0.25) is 10.0 Å². The summed E-state index contributed by atoms with van der Waals surface area (Å²) in [5.74, 6) is -1.59. The monoisotopic (exact) mass is 493 g/mol. The molecule has 0 bridgehead atoms. The third kappa shape index (κ3) is 6.53. The summed E-state index contributed by atoms with van der Waals surface area (Å²) in [7, 11) is -3.83. The van der Waals surface area contributed by atoms with Crippen molar-refractivity contribution in [2.45, 2.75) is 30.8 Å². The number of benzene rings is 2. The third-order valence-corrected chi connectivity index (χ3v) is 6.50. The maximum absolute atomic E-state index is 12.6. The molecule has 1 heterocycles. The quantitative estimate of drug-likeness (QED) is 0.593.